The Labute approximate surface area is 104 Å². The van der Waals surface area contributed by atoms with E-state index in [4.69, 9.17) is 0 Å². The summed E-state index contributed by atoms with van der Waals surface area (Å²) in [5, 5.41) is 4.55. The minimum absolute atomic E-state index is 0.465. The second-order valence-electron chi connectivity index (χ2n) is 4.11. The van der Waals surface area contributed by atoms with Gasteiger partial charge < -0.3 is 0 Å². The van der Waals surface area contributed by atoms with Crippen LogP contribution in [0.4, 0.5) is 0 Å². The average molecular weight is 282 g/mol. The SMILES string of the molecule is CCC(CC)c1nc2cc(C)cc(Br)n2n1. The first-order valence-corrected chi connectivity index (χ1v) is 6.47. The summed E-state index contributed by atoms with van der Waals surface area (Å²) in [4.78, 5) is 4.60. The largest absolute Gasteiger partial charge is 0.212 e. The van der Waals surface area contributed by atoms with Crippen LogP contribution in [0.3, 0.4) is 0 Å². The van der Waals surface area contributed by atoms with Crippen LogP contribution in [0.2, 0.25) is 0 Å². The second-order valence-corrected chi connectivity index (χ2v) is 4.92. The molecule has 0 fully saturated rings. The molecule has 0 aliphatic heterocycles. The van der Waals surface area contributed by atoms with Crippen LogP contribution in [-0.4, -0.2) is 14.6 Å². The van der Waals surface area contributed by atoms with Gasteiger partial charge in [-0.25, -0.2) is 9.50 Å². The van der Waals surface area contributed by atoms with Gasteiger partial charge in [-0.15, -0.1) is 5.10 Å². The van der Waals surface area contributed by atoms with Gasteiger partial charge in [-0.2, -0.15) is 0 Å². The quantitative estimate of drug-likeness (QED) is 0.803. The normalized spacial score (nSPS) is 11.6. The van der Waals surface area contributed by atoms with Gasteiger partial charge in [0.25, 0.3) is 0 Å². The fourth-order valence-electron chi connectivity index (χ4n) is 1.91. The maximum atomic E-state index is 4.60. The zero-order chi connectivity index (χ0) is 11.7. The average Bonchev–Trinajstić information content (AvgIpc) is 2.63. The summed E-state index contributed by atoms with van der Waals surface area (Å²) in [6, 6.07) is 4.11. The number of hydrogen-bond acceptors (Lipinski definition) is 2. The van der Waals surface area contributed by atoms with Gasteiger partial charge >= 0.3 is 0 Å². The summed E-state index contributed by atoms with van der Waals surface area (Å²) in [5.41, 5.74) is 2.12. The number of rotatable bonds is 3. The minimum Gasteiger partial charge on any atom is -0.212 e. The fraction of sp³-hybridized carbons (Fsp3) is 0.500. The molecule has 3 nitrogen and oxygen atoms in total. The van der Waals surface area contributed by atoms with Crippen LogP contribution in [0.5, 0.6) is 0 Å². The number of halogens is 1. The predicted molar refractivity (Wildman–Crippen MR) is 68.7 cm³/mol. The van der Waals surface area contributed by atoms with Crippen molar-refractivity contribution in [2.75, 3.05) is 0 Å². The molecule has 0 unspecified atom stereocenters. The van der Waals surface area contributed by atoms with Gasteiger partial charge in [-0.05, 0) is 53.4 Å². The number of aromatic nitrogens is 3. The lowest BCUT2D eigenvalue weighted by Crippen LogP contribution is -1.98. The monoisotopic (exact) mass is 281 g/mol. The molecule has 0 radical (unpaired) electrons. The van der Waals surface area contributed by atoms with Crippen LogP contribution in [0.25, 0.3) is 5.65 Å². The first-order chi connectivity index (χ1) is 7.65. The van der Waals surface area contributed by atoms with Crippen molar-refractivity contribution in [1.29, 1.82) is 0 Å². The summed E-state index contributed by atoms with van der Waals surface area (Å²) < 4.78 is 2.83. The molecule has 0 bridgehead atoms. The van der Waals surface area contributed by atoms with Crippen LogP contribution in [-0.2, 0) is 0 Å². The Kier molecular flexibility index (Phi) is 3.28. The molecule has 2 rings (SSSR count). The molecule has 0 atom stereocenters. The van der Waals surface area contributed by atoms with E-state index in [1.165, 1.54) is 5.56 Å². The highest BCUT2D eigenvalue weighted by molar-refractivity contribution is 9.10. The van der Waals surface area contributed by atoms with Crippen LogP contribution >= 0.6 is 15.9 Å². The van der Waals surface area contributed by atoms with Crippen LogP contribution in [0, 0.1) is 6.92 Å². The molecule has 16 heavy (non-hydrogen) atoms. The van der Waals surface area contributed by atoms with Crippen LogP contribution in [0.15, 0.2) is 16.7 Å². The van der Waals surface area contributed by atoms with Gasteiger partial charge in [-0.3, -0.25) is 0 Å². The molecular formula is C12H16BrN3. The van der Waals surface area contributed by atoms with E-state index in [-0.39, 0.29) is 0 Å². The summed E-state index contributed by atoms with van der Waals surface area (Å²) in [6.45, 7) is 6.43. The van der Waals surface area contributed by atoms with Crippen molar-refractivity contribution in [1.82, 2.24) is 14.6 Å². The lowest BCUT2D eigenvalue weighted by Gasteiger charge is -2.05. The van der Waals surface area contributed by atoms with Gasteiger partial charge in [0.05, 0.1) is 0 Å². The van der Waals surface area contributed by atoms with E-state index in [0.29, 0.717) is 5.92 Å². The van der Waals surface area contributed by atoms with Crippen molar-refractivity contribution >= 4 is 21.6 Å². The van der Waals surface area contributed by atoms with Crippen molar-refractivity contribution in [3.8, 4) is 0 Å². The number of hydrogen-bond donors (Lipinski definition) is 0. The third-order valence-corrected chi connectivity index (χ3v) is 3.47. The number of pyridine rings is 1. The number of nitrogens with zero attached hydrogens (tertiary/aromatic N) is 3. The lowest BCUT2D eigenvalue weighted by atomic mass is 10.0. The fourth-order valence-corrected chi connectivity index (χ4v) is 2.53. The Morgan fingerprint density at radius 3 is 2.62 bits per heavy atom. The van der Waals surface area contributed by atoms with Gasteiger partial charge in [0.1, 0.15) is 4.60 Å². The van der Waals surface area contributed by atoms with E-state index in [9.17, 15) is 0 Å². The third kappa shape index (κ3) is 1.98. The molecule has 0 saturated heterocycles. The van der Waals surface area contributed by atoms with E-state index in [0.717, 1.165) is 28.9 Å². The molecule has 0 spiro atoms. The predicted octanol–water partition coefficient (Wildman–Crippen LogP) is 3.70. The Morgan fingerprint density at radius 2 is 2.00 bits per heavy atom. The Balaban J connectivity index is 2.55. The molecule has 2 aromatic heterocycles. The Morgan fingerprint density at radius 1 is 1.31 bits per heavy atom. The zero-order valence-electron chi connectivity index (χ0n) is 9.87. The van der Waals surface area contributed by atoms with Crippen molar-refractivity contribution < 1.29 is 0 Å². The van der Waals surface area contributed by atoms with Gasteiger partial charge in [-0.1, -0.05) is 13.8 Å². The molecule has 4 heteroatoms. The summed E-state index contributed by atoms with van der Waals surface area (Å²) in [6.07, 6.45) is 2.17. The maximum absolute atomic E-state index is 4.60. The standard InChI is InChI=1S/C12H16BrN3/c1-4-9(5-2)12-14-11-7-8(3)6-10(13)16(11)15-12/h6-7,9H,4-5H2,1-3H3. The van der Waals surface area contributed by atoms with E-state index < -0.39 is 0 Å². The van der Waals surface area contributed by atoms with Crippen molar-refractivity contribution in [3.63, 3.8) is 0 Å². The smallest absolute Gasteiger partial charge is 0.157 e. The molecule has 0 N–H and O–H groups in total. The first-order valence-electron chi connectivity index (χ1n) is 5.68. The van der Waals surface area contributed by atoms with Crippen molar-refractivity contribution in [2.24, 2.45) is 0 Å². The molecule has 0 aliphatic carbocycles. The van der Waals surface area contributed by atoms with E-state index >= 15 is 0 Å². The zero-order valence-corrected chi connectivity index (χ0v) is 11.5. The van der Waals surface area contributed by atoms with E-state index in [2.05, 4.69) is 58.9 Å². The first kappa shape index (κ1) is 11.6. The molecule has 0 aromatic carbocycles. The summed E-state index contributed by atoms with van der Waals surface area (Å²) in [5.74, 6) is 1.42. The molecule has 86 valence electrons. The van der Waals surface area contributed by atoms with Crippen LogP contribution in [0.1, 0.15) is 44.0 Å². The summed E-state index contributed by atoms with van der Waals surface area (Å²) in [7, 11) is 0. The summed E-state index contributed by atoms with van der Waals surface area (Å²) >= 11 is 3.51. The molecule has 2 aromatic rings. The topological polar surface area (TPSA) is 30.2 Å². The van der Waals surface area contributed by atoms with Crippen LogP contribution < -0.4 is 0 Å². The highest BCUT2D eigenvalue weighted by Crippen LogP contribution is 2.22. The van der Waals surface area contributed by atoms with E-state index in [1.807, 2.05) is 4.52 Å². The van der Waals surface area contributed by atoms with Gasteiger partial charge in [0, 0.05) is 5.92 Å². The lowest BCUT2D eigenvalue weighted by molar-refractivity contribution is 0.600. The minimum atomic E-state index is 0.465. The molecule has 2 heterocycles. The van der Waals surface area contributed by atoms with Gasteiger partial charge in [0.15, 0.2) is 11.5 Å². The van der Waals surface area contributed by atoms with Crippen molar-refractivity contribution in [2.45, 2.75) is 39.5 Å². The Hall–Kier alpha value is -0.900. The van der Waals surface area contributed by atoms with E-state index in [1.54, 1.807) is 0 Å². The van der Waals surface area contributed by atoms with Gasteiger partial charge in [0.2, 0.25) is 0 Å². The third-order valence-electron chi connectivity index (χ3n) is 2.91. The second kappa shape index (κ2) is 4.53. The maximum Gasteiger partial charge on any atom is 0.157 e. The molecule has 0 aliphatic rings. The van der Waals surface area contributed by atoms with Crippen molar-refractivity contribution in [3.05, 3.63) is 28.1 Å². The number of fused-ring (bicyclic) bond motifs is 1. The molecule has 0 amide bonds. The Bertz CT molecular complexity index is 500. The molecular weight excluding hydrogens is 266 g/mol. The highest BCUT2D eigenvalue weighted by Gasteiger charge is 2.14. The highest BCUT2D eigenvalue weighted by atomic mass is 79.9. The molecule has 0 saturated carbocycles. The number of aryl methyl sites for hydroxylation is 1.